The average Bonchev–Trinajstić information content (AvgIpc) is 2.78. The standard InChI is InChI=1S/C12H12ClN3O2S/c1-6-7(2)15-16-12(18)10(6)11(17)14-5-8-3-4-9(13)19-8/h3-4H,5H2,1-2H3,(H,14,17)(H,16,18). The third kappa shape index (κ3) is 3.02. The van der Waals surface area contributed by atoms with Crippen molar-refractivity contribution in [2.24, 2.45) is 0 Å². The lowest BCUT2D eigenvalue weighted by Gasteiger charge is -2.07. The lowest BCUT2D eigenvalue weighted by Crippen LogP contribution is -2.31. The van der Waals surface area contributed by atoms with Gasteiger partial charge in [0.1, 0.15) is 5.56 Å². The highest BCUT2D eigenvalue weighted by molar-refractivity contribution is 7.16. The van der Waals surface area contributed by atoms with Crippen molar-refractivity contribution in [3.63, 3.8) is 0 Å². The largest absolute Gasteiger partial charge is 0.347 e. The van der Waals surface area contributed by atoms with Gasteiger partial charge in [0.25, 0.3) is 11.5 Å². The number of carbonyl (C=O) groups excluding carboxylic acids is 1. The van der Waals surface area contributed by atoms with Crippen molar-refractivity contribution in [2.75, 3.05) is 0 Å². The molecule has 2 heterocycles. The van der Waals surface area contributed by atoms with Gasteiger partial charge in [-0.3, -0.25) is 9.59 Å². The molecule has 0 bridgehead atoms. The van der Waals surface area contributed by atoms with E-state index in [1.165, 1.54) is 11.3 Å². The van der Waals surface area contributed by atoms with Crippen LogP contribution in [0.2, 0.25) is 4.34 Å². The molecular weight excluding hydrogens is 286 g/mol. The van der Waals surface area contributed by atoms with Gasteiger partial charge in [0.2, 0.25) is 0 Å². The van der Waals surface area contributed by atoms with E-state index in [4.69, 9.17) is 11.6 Å². The van der Waals surface area contributed by atoms with Crippen LogP contribution in [-0.4, -0.2) is 16.1 Å². The minimum atomic E-state index is -0.482. The Morgan fingerprint density at radius 3 is 2.84 bits per heavy atom. The van der Waals surface area contributed by atoms with Crippen LogP contribution in [0.3, 0.4) is 0 Å². The number of hydrogen-bond donors (Lipinski definition) is 2. The Morgan fingerprint density at radius 1 is 1.47 bits per heavy atom. The molecule has 0 aliphatic carbocycles. The van der Waals surface area contributed by atoms with E-state index in [0.717, 1.165) is 4.88 Å². The molecule has 1 amide bonds. The van der Waals surface area contributed by atoms with E-state index >= 15 is 0 Å². The fourth-order valence-electron chi connectivity index (χ4n) is 1.60. The minimum absolute atomic E-state index is 0.107. The molecule has 0 spiro atoms. The van der Waals surface area contributed by atoms with E-state index in [9.17, 15) is 9.59 Å². The summed E-state index contributed by atoms with van der Waals surface area (Å²) in [6.45, 7) is 3.78. The summed E-state index contributed by atoms with van der Waals surface area (Å²) in [5, 5.41) is 8.82. The van der Waals surface area contributed by atoms with Gasteiger partial charge in [-0.1, -0.05) is 11.6 Å². The van der Waals surface area contributed by atoms with Gasteiger partial charge in [-0.25, -0.2) is 5.10 Å². The van der Waals surface area contributed by atoms with Crippen LogP contribution in [-0.2, 0) is 6.54 Å². The first-order valence-electron chi connectivity index (χ1n) is 5.57. The molecule has 0 aliphatic heterocycles. The van der Waals surface area contributed by atoms with Crippen LogP contribution in [0.4, 0.5) is 0 Å². The maximum absolute atomic E-state index is 12.0. The smallest absolute Gasteiger partial charge is 0.277 e. The highest BCUT2D eigenvalue weighted by Gasteiger charge is 2.15. The number of halogens is 1. The number of thiophene rings is 1. The van der Waals surface area contributed by atoms with Gasteiger partial charge >= 0.3 is 0 Å². The molecule has 0 aliphatic rings. The molecule has 2 aromatic rings. The molecule has 100 valence electrons. The van der Waals surface area contributed by atoms with Crippen molar-refractivity contribution < 1.29 is 4.79 Å². The molecule has 0 atom stereocenters. The fourth-order valence-corrected chi connectivity index (χ4v) is 2.63. The van der Waals surface area contributed by atoms with Gasteiger partial charge in [0.15, 0.2) is 0 Å². The summed E-state index contributed by atoms with van der Waals surface area (Å²) in [4.78, 5) is 24.6. The van der Waals surface area contributed by atoms with Crippen molar-refractivity contribution in [3.05, 3.63) is 48.5 Å². The normalized spacial score (nSPS) is 10.5. The van der Waals surface area contributed by atoms with Crippen LogP contribution in [0.1, 0.15) is 26.5 Å². The lowest BCUT2D eigenvalue weighted by molar-refractivity contribution is 0.0948. The maximum Gasteiger partial charge on any atom is 0.277 e. The summed E-state index contributed by atoms with van der Waals surface area (Å²) in [5.74, 6) is -0.409. The van der Waals surface area contributed by atoms with Gasteiger partial charge in [0.05, 0.1) is 16.6 Å². The number of nitrogens with one attached hydrogen (secondary N) is 2. The molecule has 0 saturated heterocycles. The lowest BCUT2D eigenvalue weighted by atomic mass is 10.1. The minimum Gasteiger partial charge on any atom is -0.347 e. The molecular formula is C12H12ClN3O2S. The predicted molar refractivity (Wildman–Crippen MR) is 74.8 cm³/mol. The zero-order valence-electron chi connectivity index (χ0n) is 10.4. The van der Waals surface area contributed by atoms with Crippen molar-refractivity contribution in [3.8, 4) is 0 Å². The Hall–Kier alpha value is -1.66. The first kappa shape index (κ1) is 13.8. The van der Waals surface area contributed by atoms with E-state index in [2.05, 4.69) is 15.5 Å². The summed E-state index contributed by atoms with van der Waals surface area (Å²) in [7, 11) is 0. The van der Waals surface area contributed by atoms with Crippen molar-refractivity contribution in [1.82, 2.24) is 15.5 Å². The van der Waals surface area contributed by atoms with Crippen LogP contribution < -0.4 is 10.9 Å². The van der Waals surface area contributed by atoms with Crippen molar-refractivity contribution >= 4 is 28.8 Å². The molecule has 0 unspecified atom stereocenters. The predicted octanol–water partition coefficient (Wildman–Crippen LogP) is 2.03. The first-order valence-corrected chi connectivity index (χ1v) is 6.76. The highest BCUT2D eigenvalue weighted by atomic mass is 35.5. The zero-order valence-corrected chi connectivity index (χ0v) is 12.0. The van der Waals surface area contributed by atoms with Gasteiger partial charge < -0.3 is 5.32 Å². The van der Waals surface area contributed by atoms with Gasteiger partial charge in [-0.05, 0) is 31.5 Å². The second-order valence-corrected chi connectivity index (χ2v) is 5.83. The first-order chi connectivity index (χ1) is 8.99. The van der Waals surface area contributed by atoms with E-state index in [-0.39, 0.29) is 5.56 Å². The van der Waals surface area contributed by atoms with Gasteiger partial charge in [0, 0.05) is 4.88 Å². The average molecular weight is 298 g/mol. The summed E-state index contributed by atoms with van der Waals surface area (Å²) < 4.78 is 0.665. The molecule has 0 fully saturated rings. The Kier molecular flexibility index (Phi) is 4.01. The summed E-state index contributed by atoms with van der Waals surface area (Å²) in [6, 6.07) is 3.60. The number of carbonyl (C=O) groups is 1. The van der Waals surface area contributed by atoms with Gasteiger partial charge in [-0.15, -0.1) is 11.3 Å². The third-order valence-corrected chi connectivity index (χ3v) is 3.98. The third-order valence-electron chi connectivity index (χ3n) is 2.75. The SMILES string of the molecule is Cc1n[nH]c(=O)c(C(=O)NCc2ccc(Cl)s2)c1C. The van der Waals surface area contributed by atoms with Gasteiger partial charge in [-0.2, -0.15) is 5.10 Å². The second kappa shape index (κ2) is 5.54. The number of H-pyrrole nitrogens is 1. The number of aromatic amines is 1. The summed E-state index contributed by atoms with van der Waals surface area (Å²) in [5.41, 5.74) is 0.842. The quantitative estimate of drug-likeness (QED) is 0.910. The molecule has 2 rings (SSSR count). The number of rotatable bonds is 3. The molecule has 2 aromatic heterocycles. The Labute approximate surface area is 118 Å². The summed E-state index contributed by atoms with van der Waals surface area (Å²) >= 11 is 7.20. The van der Waals surface area contributed by atoms with Crippen LogP contribution in [0.5, 0.6) is 0 Å². The van der Waals surface area contributed by atoms with Crippen LogP contribution in [0.25, 0.3) is 0 Å². The Balaban J connectivity index is 2.17. The van der Waals surface area contributed by atoms with Crippen LogP contribution in [0, 0.1) is 13.8 Å². The molecule has 0 radical (unpaired) electrons. The van der Waals surface area contributed by atoms with E-state index in [1.807, 2.05) is 6.07 Å². The molecule has 2 N–H and O–H groups in total. The van der Waals surface area contributed by atoms with Crippen molar-refractivity contribution in [1.29, 1.82) is 0 Å². The van der Waals surface area contributed by atoms with E-state index in [0.29, 0.717) is 22.1 Å². The van der Waals surface area contributed by atoms with Crippen LogP contribution >= 0.6 is 22.9 Å². The monoisotopic (exact) mass is 297 g/mol. The number of aromatic nitrogens is 2. The molecule has 0 saturated carbocycles. The fraction of sp³-hybridized carbons (Fsp3) is 0.250. The van der Waals surface area contributed by atoms with E-state index in [1.54, 1.807) is 19.9 Å². The summed E-state index contributed by atoms with van der Waals surface area (Å²) in [6.07, 6.45) is 0. The molecule has 7 heteroatoms. The Morgan fingerprint density at radius 2 is 2.21 bits per heavy atom. The van der Waals surface area contributed by atoms with Crippen molar-refractivity contribution in [2.45, 2.75) is 20.4 Å². The molecule has 19 heavy (non-hydrogen) atoms. The topological polar surface area (TPSA) is 74.8 Å². The second-order valence-electron chi connectivity index (χ2n) is 4.03. The van der Waals surface area contributed by atoms with E-state index < -0.39 is 11.5 Å². The number of nitrogens with zero attached hydrogens (tertiary/aromatic N) is 1. The number of aryl methyl sites for hydroxylation is 1. The highest BCUT2D eigenvalue weighted by Crippen LogP contribution is 2.21. The Bertz CT molecular complexity index is 678. The van der Waals surface area contributed by atoms with Crippen LogP contribution in [0.15, 0.2) is 16.9 Å². The number of hydrogen-bond acceptors (Lipinski definition) is 4. The number of amides is 1. The molecule has 0 aromatic carbocycles. The zero-order chi connectivity index (χ0) is 14.0. The maximum atomic E-state index is 12.0. The molecule has 5 nitrogen and oxygen atoms in total.